The second kappa shape index (κ2) is 13.1. The number of rotatable bonds is 11. The Labute approximate surface area is 199 Å². The van der Waals surface area contributed by atoms with Crippen LogP contribution >= 0.6 is 15.9 Å². The van der Waals surface area contributed by atoms with E-state index in [2.05, 4.69) is 36.5 Å². The molecule has 0 fully saturated rings. The number of benzene rings is 2. The molecule has 0 aliphatic heterocycles. The molecule has 0 unspecified atom stereocenters. The Balaban J connectivity index is 1.90. The Morgan fingerprint density at radius 1 is 1.06 bits per heavy atom. The van der Waals surface area contributed by atoms with Gasteiger partial charge in [-0.15, -0.1) is 0 Å². The average Bonchev–Trinajstić information content (AvgIpc) is 2.79. The lowest BCUT2D eigenvalue weighted by Gasteiger charge is -2.12. The molecule has 0 aromatic heterocycles. The highest BCUT2D eigenvalue weighted by Crippen LogP contribution is 2.36. The minimum Gasteiger partial charge on any atom is -0.494 e. The molecular weight excluding hydrogens is 498 g/mol. The van der Waals surface area contributed by atoms with Crippen LogP contribution in [0, 0.1) is 0 Å². The van der Waals surface area contributed by atoms with Crippen LogP contribution in [0.25, 0.3) is 0 Å². The SMILES string of the molecule is CCOc1ccc(NC(=O)CC(=O)NN=Cc2cc(Br)c(OCC(=O)OC)c(OC)c2)cc1. The summed E-state index contributed by atoms with van der Waals surface area (Å²) in [5.41, 5.74) is 3.41. The fraction of sp³-hybridized carbons (Fsp3) is 0.273. The zero-order chi connectivity index (χ0) is 24.2. The molecule has 2 rings (SSSR count). The summed E-state index contributed by atoms with van der Waals surface area (Å²) in [5, 5.41) is 6.48. The van der Waals surface area contributed by atoms with Crippen LogP contribution < -0.4 is 25.0 Å². The van der Waals surface area contributed by atoms with Crippen molar-refractivity contribution in [3.8, 4) is 17.2 Å². The summed E-state index contributed by atoms with van der Waals surface area (Å²) in [7, 11) is 2.70. The number of halogens is 1. The van der Waals surface area contributed by atoms with Gasteiger partial charge in [-0.1, -0.05) is 0 Å². The van der Waals surface area contributed by atoms with Crippen molar-refractivity contribution < 1.29 is 33.3 Å². The van der Waals surface area contributed by atoms with E-state index in [9.17, 15) is 14.4 Å². The molecule has 0 saturated carbocycles. The van der Waals surface area contributed by atoms with Crippen LogP contribution in [0.5, 0.6) is 17.2 Å². The van der Waals surface area contributed by atoms with Crippen LogP contribution in [0.4, 0.5) is 5.69 Å². The van der Waals surface area contributed by atoms with Gasteiger partial charge in [-0.2, -0.15) is 5.10 Å². The van der Waals surface area contributed by atoms with Gasteiger partial charge in [-0.25, -0.2) is 10.2 Å². The number of hydrogen-bond donors (Lipinski definition) is 2. The van der Waals surface area contributed by atoms with E-state index < -0.39 is 24.2 Å². The van der Waals surface area contributed by atoms with Crippen LogP contribution in [-0.4, -0.2) is 51.4 Å². The summed E-state index contributed by atoms with van der Waals surface area (Å²) < 4.78 is 21.1. The van der Waals surface area contributed by atoms with Gasteiger partial charge in [-0.05, 0) is 64.8 Å². The molecule has 11 heteroatoms. The summed E-state index contributed by atoms with van der Waals surface area (Å²) >= 11 is 3.34. The highest BCUT2D eigenvalue weighted by molar-refractivity contribution is 9.10. The Kier molecular flexibility index (Phi) is 10.2. The third-order valence-corrected chi connectivity index (χ3v) is 4.58. The highest BCUT2D eigenvalue weighted by atomic mass is 79.9. The first-order valence-corrected chi connectivity index (χ1v) is 10.6. The summed E-state index contributed by atoms with van der Waals surface area (Å²) in [5.74, 6) is -0.259. The van der Waals surface area contributed by atoms with Gasteiger partial charge in [0.1, 0.15) is 12.2 Å². The first-order valence-electron chi connectivity index (χ1n) is 9.78. The van der Waals surface area contributed by atoms with Crippen molar-refractivity contribution in [1.82, 2.24) is 5.43 Å². The second-order valence-electron chi connectivity index (χ2n) is 6.37. The maximum atomic E-state index is 12.0. The van der Waals surface area contributed by atoms with Crippen LogP contribution in [0.3, 0.4) is 0 Å². The molecule has 2 amide bonds. The summed E-state index contributed by atoms with van der Waals surface area (Å²) in [6.07, 6.45) is 0.970. The summed E-state index contributed by atoms with van der Waals surface area (Å²) in [4.78, 5) is 35.3. The van der Waals surface area contributed by atoms with Gasteiger partial charge in [0, 0.05) is 5.69 Å². The molecule has 0 heterocycles. The van der Waals surface area contributed by atoms with Crippen molar-refractivity contribution in [1.29, 1.82) is 0 Å². The Morgan fingerprint density at radius 3 is 2.42 bits per heavy atom. The van der Waals surface area contributed by atoms with Crippen LogP contribution in [-0.2, 0) is 19.1 Å². The van der Waals surface area contributed by atoms with Crippen LogP contribution in [0.2, 0.25) is 0 Å². The largest absolute Gasteiger partial charge is 0.494 e. The number of nitrogens with zero attached hydrogens (tertiary/aromatic N) is 1. The van der Waals surface area contributed by atoms with E-state index in [1.165, 1.54) is 20.4 Å². The Hall–Kier alpha value is -3.60. The molecule has 33 heavy (non-hydrogen) atoms. The minimum absolute atomic E-state index is 0.284. The molecule has 176 valence electrons. The number of nitrogens with one attached hydrogen (secondary N) is 2. The smallest absolute Gasteiger partial charge is 0.343 e. The first kappa shape index (κ1) is 25.7. The van der Waals surface area contributed by atoms with Gasteiger partial charge in [0.05, 0.1) is 31.5 Å². The number of hydrogen-bond acceptors (Lipinski definition) is 8. The number of esters is 1. The minimum atomic E-state index is -0.584. The van der Waals surface area contributed by atoms with Gasteiger partial charge < -0.3 is 24.3 Å². The number of ether oxygens (including phenoxy) is 4. The number of amides is 2. The van der Waals surface area contributed by atoms with Crippen molar-refractivity contribution in [2.75, 3.05) is 32.8 Å². The van der Waals surface area contributed by atoms with E-state index in [1.807, 2.05) is 6.92 Å². The molecule has 0 aliphatic rings. The second-order valence-corrected chi connectivity index (χ2v) is 7.23. The number of methoxy groups -OCH3 is 2. The Morgan fingerprint density at radius 2 is 1.79 bits per heavy atom. The van der Waals surface area contributed by atoms with Gasteiger partial charge in [0.15, 0.2) is 18.1 Å². The summed E-state index contributed by atoms with van der Waals surface area (Å²) in [6, 6.07) is 10.1. The third-order valence-electron chi connectivity index (χ3n) is 3.99. The molecule has 0 saturated heterocycles. The normalized spacial score (nSPS) is 10.4. The lowest BCUT2D eigenvalue weighted by atomic mass is 10.2. The third kappa shape index (κ3) is 8.45. The fourth-order valence-corrected chi connectivity index (χ4v) is 3.09. The molecule has 2 N–H and O–H groups in total. The van der Waals surface area contributed by atoms with E-state index in [4.69, 9.17) is 14.2 Å². The van der Waals surface area contributed by atoms with Crippen molar-refractivity contribution in [3.05, 3.63) is 46.4 Å². The van der Waals surface area contributed by atoms with Crippen molar-refractivity contribution >= 4 is 45.6 Å². The predicted molar refractivity (Wildman–Crippen MR) is 125 cm³/mol. The molecule has 0 bridgehead atoms. The summed E-state index contributed by atoms with van der Waals surface area (Å²) in [6.45, 7) is 2.14. The molecular formula is C22H24BrN3O7. The predicted octanol–water partition coefficient (Wildman–Crippen LogP) is 2.89. The van der Waals surface area contributed by atoms with Gasteiger partial charge >= 0.3 is 5.97 Å². The van der Waals surface area contributed by atoms with Gasteiger partial charge in [0.2, 0.25) is 11.8 Å². The molecule has 10 nitrogen and oxygen atoms in total. The quantitative estimate of drug-likeness (QED) is 0.201. The molecule has 0 aliphatic carbocycles. The number of carbonyl (C=O) groups is 3. The van der Waals surface area contributed by atoms with Crippen LogP contribution in [0.1, 0.15) is 18.9 Å². The average molecular weight is 522 g/mol. The zero-order valence-corrected chi connectivity index (χ0v) is 19.9. The topological polar surface area (TPSA) is 125 Å². The standard InChI is InChI=1S/C22H24BrN3O7/c1-4-32-16-7-5-15(6-8-16)25-19(27)11-20(28)26-24-12-14-9-17(23)22(18(10-14)30-2)33-13-21(29)31-3/h5-10,12H,4,11,13H2,1-3H3,(H,25,27)(H,26,28). The van der Waals surface area contributed by atoms with Crippen LogP contribution in [0.15, 0.2) is 46.0 Å². The molecule has 2 aromatic carbocycles. The van der Waals surface area contributed by atoms with Gasteiger partial charge in [0.25, 0.3) is 0 Å². The lowest BCUT2D eigenvalue weighted by molar-refractivity contribution is -0.143. The maximum Gasteiger partial charge on any atom is 0.343 e. The van der Waals surface area contributed by atoms with E-state index in [1.54, 1.807) is 36.4 Å². The van der Waals surface area contributed by atoms with Crippen molar-refractivity contribution in [3.63, 3.8) is 0 Å². The van der Waals surface area contributed by atoms with E-state index in [0.717, 1.165) is 0 Å². The van der Waals surface area contributed by atoms with E-state index in [0.29, 0.717) is 39.6 Å². The molecule has 0 atom stereocenters. The Bertz CT molecular complexity index is 1010. The molecule has 0 spiro atoms. The number of hydrazone groups is 1. The van der Waals surface area contributed by atoms with E-state index in [-0.39, 0.29) is 6.61 Å². The number of anilines is 1. The monoisotopic (exact) mass is 521 g/mol. The molecule has 2 aromatic rings. The van der Waals surface area contributed by atoms with Crippen molar-refractivity contribution in [2.24, 2.45) is 5.10 Å². The fourth-order valence-electron chi connectivity index (χ4n) is 2.51. The lowest BCUT2D eigenvalue weighted by Crippen LogP contribution is -2.24. The van der Waals surface area contributed by atoms with E-state index >= 15 is 0 Å². The molecule has 0 radical (unpaired) electrons. The number of carbonyl (C=O) groups excluding carboxylic acids is 3. The highest BCUT2D eigenvalue weighted by Gasteiger charge is 2.14. The maximum absolute atomic E-state index is 12.0. The van der Waals surface area contributed by atoms with Gasteiger partial charge in [-0.3, -0.25) is 9.59 Å². The zero-order valence-electron chi connectivity index (χ0n) is 18.3. The van der Waals surface area contributed by atoms with Crippen molar-refractivity contribution in [2.45, 2.75) is 13.3 Å². The first-order chi connectivity index (χ1) is 15.9.